The molecule has 0 atom stereocenters. The van der Waals surface area contributed by atoms with Crippen LogP contribution < -0.4 is 11.1 Å². The highest BCUT2D eigenvalue weighted by atomic mass is 16.1. The number of hydrogen-bond acceptors (Lipinski definition) is 3. The molecule has 1 rings (SSSR count). The van der Waals surface area contributed by atoms with Crippen molar-refractivity contribution in [2.24, 2.45) is 5.73 Å². The lowest BCUT2D eigenvalue weighted by molar-refractivity contribution is 0.1000. The molecular weight excluding hydrogens is 142 g/mol. The van der Waals surface area contributed by atoms with Gasteiger partial charge in [0.15, 0.2) is 0 Å². The Bertz CT molecular complexity index is 272. The summed E-state index contributed by atoms with van der Waals surface area (Å²) in [5.41, 5.74) is 6.22. The van der Waals surface area contributed by atoms with E-state index in [-0.39, 0.29) is 0 Å². The Hall–Kier alpha value is -1.58. The molecule has 0 aliphatic carbocycles. The molecule has 11 heavy (non-hydrogen) atoms. The molecule has 0 fully saturated rings. The van der Waals surface area contributed by atoms with Crippen molar-refractivity contribution in [2.45, 2.75) is 0 Å². The van der Waals surface area contributed by atoms with E-state index in [1.807, 2.05) is 0 Å². The van der Waals surface area contributed by atoms with Crippen LogP contribution in [0.2, 0.25) is 0 Å². The van der Waals surface area contributed by atoms with Gasteiger partial charge in [-0.1, -0.05) is 0 Å². The fourth-order valence-corrected chi connectivity index (χ4v) is 0.711. The van der Waals surface area contributed by atoms with Gasteiger partial charge >= 0.3 is 0 Å². The topological polar surface area (TPSA) is 68.0 Å². The molecule has 1 heterocycles. The van der Waals surface area contributed by atoms with Gasteiger partial charge in [-0.3, -0.25) is 9.78 Å². The van der Waals surface area contributed by atoms with Gasteiger partial charge in [-0.25, -0.2) is 0 Å². The normalized spacial score (nSPS) is 9.18. The maximum Gasteiger partial charge on any atom is 0.250 e. The summed E-state index contributed by atoms with van der Waals surface area (Å²) in [6, 6.07) is 1.65. The molecule has 4 nitrogen and oxygen atoms in total. The first-order valence-corrected chi connectivity index (χ1v) is 3.16. The number of rotatable bonds is 2. The van der Waals surface area contributed by atoms with Gasteiger partial charge in [0.1, 0.15) is 0 Å². The number of nitrogens with zero attached hydrogens (tertiary/aromatic N) is 1. The number of primary amides is 1. The van der Waals surface area contributed by atoms with Crippen molar-refractivity contribution in [1.82, 2.24) is 4.98 Å². The zero-order valence-electron chi connectivity index (χ0n) is 6.16. The zero-order valence-corrected chi connectivity index (χ0v) is 6.16. The summed E-state index contributed by atoms with van der Waals surface area (Å²) in [6.07, 6.45) is 3.05. The molecular formula is C7H9N3O. The van der Waals surface area contributed by atoms with Crippen molar-refractivity contribution in [3.63, 3.8) is 0 Å². The molecule has 0 bridgehead atoms. The second kappa shape index (κ2) is 3.01. The molecule has 0 unspecified atom stereocenters. The van der Waals surface area contributed by atoms with Crippen LogP contribution in [0.4, 0.5) is 5.69 Å². The molecule has 0 saturated heterocycles. The lowest BCUT2D eigenvalue weighted by Gasteiger charge is -1.99. The summed E-state index contributed by atoms with van der Waals surface area (Å²) in [4.78, 5) is 14.4. The van der Waals surface area contributed by atoms with Gasteiger partial charge < -0.3 is 11.1 Å². The third-order valence-corrected chi connectivity index (χ3v) is 1.31. The highest BCUT2D eigenvalue weighted by molar-refractivity contribution is 5.93. The number of anilines is 1. The van der Waals surface area contributed by atoms with Gasteiger partial charge in [-0.2, -0.15) is 0 Å². The third-order valence-electron chi connectivity index (χ3n) is 1.31. The van der Waals surface area contributed by atoms with Crippen LogP contribution in [0.1, 0.15) is 10.4 Å². The van der Waals surface area contributed by atoms with Crippen molar-refractivity contribution in [3.05, 3.63) is 24.0 Å². The molecule has 1 aromatic heterocycles. The molecule has 0 aliphatic rings. The van der Waals surface area contributed by atoms with E-state index in [2.05, 4.69) is 10.3 Å². The maximum absolute atomic E-state index is 10.6. The number of nitrogens with two attached hydrogens (primary N) is 1. The van der Waals surface area contributed by atoms with E-state index in [0.29, 0.717) is 5.56 Å². The summed E-state index contributed by atoms with van der Waals surface area (Å²) in [5.74, 6) is -0.463. The van der Waals surface area contributed by atoms with Crippen molar-refractivity contribution >= 4 is 11.6 Å². The smallest absolute Gasteiger partial charge is 0.250 e. The number of aromatic nitrogens is 1. The largest absolute Gasteiger partial charge is 0.387 e. The zero-order chi connectivity index (χ0) is 8.27. The molecule has 3 N–H and O–H groups in total. The predicted molar refractivity (Wildman–Crippen MR) is 42.3 cm³/mol. The molecule has 1 aromatic rings. The number of hydrogen-bond donors (Lipinski definition) is 2. The van der Waals surface area contributed by atoms with Crippen molar-refractivity contribution in [1.29, 1.82) is 0 Å². The summed E-state index contributed by atoms with van der Waals surface area (Å²) in [5, 5.41) is 2.85. The molecule has 0 aliphatic heterocycles. The van der Waals surface area contributed by atoms with Crippen molar-refractivity contribution in [2.75, 3.05) is 12.4 Å². The molecule has 1 amide bonds. The van der Waals surface area contributed by atoms with Gasteiger partial charge in [0.05, 0.1) is 11.3 Å². The van der Waals surface area contributed by atoms with Crippen LogP contribution >= 0.6 is 0 Å². The minimum atomic E-state index is -0.463. The van der Waals surface area contributed by atoms with Crippen LogP contribution in [-0.4, -0.2) is 17.9 Å². The van der Waals surface area contributed by atoms with E-state index < -0.39 is 5.91 Å². The number of carbonyl (C=O) groups excluding carboxylic acids is 1. The summed E-state index contributed by atoms with van der Waals surface area (Å²) in [6.45, 7) is 0. The second-order valence-corrected chi connectivity index (χ2v) is 2.08. The number of amides is 1. The van der Waals surface area contributed by atoms with Crippen LogP contribution in [0.15, 0.2) is 18.5 Å². The highest BCUT2D eigenvalue weighted by Crippen LogP contribution is 2.05. The first kappa shape index (κ1) is 7.53. The molecule has 4 heteroatoms. The summed E-state index contributed by atoms with van der Waals surface area (Å²) >= 11 is 0. The number of pyridine rings is 1. The Balaban J connectivity index is 3.01. The first-order valence-electron chi connectivity index (χ1n) is 3.16. The van der Waals surface area contributed by atoms with Crippen molar-refractivity contribution in [3.8, 4) is 0 Å². The van der Waals surface area contributed by atoms with Crippen LogP contribution in [0.5, 0.6) is 0 Å². The Kier molecular flexibility index (Phi) is 2.06. The van der Waals surface area contributed by atoms with Crippen LogP contribution in [0, 0.1) is 0 Å². The van der Waals surface area contributed by atoms with Gasteiger partial charge in [0, 0.05) is 19.4 Å². The fourth-order valence-electron chi connectivity index (χ4n) is 0.711. The Labute approximate surface area is 64.4 Å². The van der Waals surface area contributed by atoms with Gasteiger partial charge in [-0.15, -0.1) is 0 Å². The van der Waals surface area contributed by atoms with E-state index in [4.69, 9.17) is 5.73 Å². The first-order chi connectivity index (χ1) is 5.24. The molecule has 0 spiro atoms. The van der Waals surface area contributed by atoms with Gasteiger partial charge in [0.25, 0.3) is 0 Å². The molecule has 0 aromatic carbocycles. The van der Waals surface area contributed by atoms with E-state index in [9.17, 15) is 4.79 Å². The van der Waals surface area contributed by atoms with E-state index in [1.54, 1.807) is 19.3 Å². The maximum atomic E-state index is 10.6. The van der Waals surface area contributed by atoms with Crippen LogP contribution in [0.3, 0.4) is 0 Å². The van der Waals surface area contributed by atoms with E-state index in [1.165, 1.54) is 6.20 Å². The SMILES string of the molecule is CNc1cncc(C(N)=O)c1. The third kappa shape index (κ3) is 1.67. The molecule has 0 radical (unpaired) electrons. The Morgan fingerprint density at radius 1 is 1.64 bits per heavy atom. The standard InChI is InChI=1S/C7H9N3O/c1-9-6-2-5(7(8)11)3-10-4-6/h2-4,9H,1H3,(H2,8,11). The Morgan fingerprint density at radius 2 is 2.36 bits per heavy atom. The van der Waals surface area contributed by atoms with Crippen LogP contribution in [0.25, 0.3) is 0 Å². The predicted octanol–water partition coefficient (Wildman–Crippen LogP) is 0.222. The summed E-state index contributed by atoms with van der Waals surface area (Å²) < 4.78 is 0. The lowest BCUT2D eigenvalue weighted by atomic mass is 10.2. The average molecular weight is 151 g/mol. The Morgan fingerprint density at radius 3 is 2.91 bits per heavy atom. The minimum Gasteiger partial charge on any atom is -0.387 e. The number of carbonyl (C=O) groups is 1. The van der Waals surface area contributed by atoms with E-state index >= 15 is 0 Å². The quantitative estimate of drug-likeness (QED) is 0.635. The number of nitrogens with one attached hydrogen (secondary N) is 1. The van der Waals surface area contributed by atoms with Crippen molar-refractivity contribution < 1.29 is 4.79 Å². The monoisotopic (exact) mass is 151 g/mol. The van der Waals surface area contributed by atoms with Gasteiger partial charge in [-0.05, 0) is 6.07 Å². The summed E-state index contributed by atoms with van der Waals surface area (Å²) in [7, 11) is 1.75. The van der Waals surface area contributed by atoms with Crippen LogP contribution in [-0.2, 0) is 0 Å². The fraction of sp³-hybridized carbons (Fsp3) is 0.143. The second-order valence-electron chi connectivity index (χ2n) is 2.08. The van der Waals surface area contributed by atoms with E-state index in [0.717, 1.165) is 5.69 Å². The molecule has 0 saturated carbocycles. The highest BCUT2D eigenvalue weighted by Gasteiger charge is 1.99. The van der Waals surface area contributed by atoms with Gasteiger partial charge in [0.2, 0.25) is 5.91 Å². The minimum absolute atomic E-state index is 0.414. The average Bonchev–Trinajstić information content (AvgIpc) is 2.05. The molecule has 58 valence electrons. The lowest BCUT2D eigenvalue weighted by Crippen LogP contribution is -2.11.